The first-order valence-electron chi connectivity index (χ1n) is 16.9. The van der Waals surface area contributed by atoms with Crippen LogP contribution in [0.25, 0.3) is 27.8 Å². The molecule has 0 amide bonds. The van der Waals surface area contributed by atoms with Gasteiger partial charge in [-0.25, -0.2) is 0 Å². The third kappa shape index (κ3) is 3.44. The first-order chi connectivity index (χ1) is 23.1. The molecule has 0 heterocycles. The number of nitrogens with zero attached hydrogens (tertiary/aromatic N) is 1. The van der Waals surface area contributed by atoms with Crippen LogP contribution in [0.3, 0.4) is 0 Å². The molecule has 0 atom stereocenters. The summed E-state index contributed by atoms with van der Waals surface area (Å²) in [6, 6.07) is 52.4. The third-order valence-corrected chi connectivity index (χ3v) is 11.3. The number of anilines is 3. The van der Waals surface area contributed by atoms with Crippen molar-refractivity contribution in [2.45, 2.75) is 37.5 Å². The fourth-order valence-electron chi connectivity index (χ4n) is 9.34. The Hall–Kier alpha value is -5.40. The summed E-state index contributed by atoms with van der Waals surface area (Å²) in [4.78, 5) is 2.45. The van der Waals surface area contributed by atoms with Gasteiger partial charge in [-0.15, -0.1) is 0 Å². The Kier molecular flexibility index (Phi) is 5.45. The maximum absolute atomic E-state index is 2.47. The van der Waals surface area contributed by atoms with Crippen molar-refractivity contribution in [2.24, 2.45) is 0 Å². The van der Waals surface area contributed by atoms with Crippen LogP contribution < -0.4 is 4.90 Å². The van der Waals surface area contributed by atoms with Crippen molar-refractivity contribution in [2.75, 3.05) is 4.90 Å². The van der Waals surface area contributed by atoms with Crippen LogP contribution in [0.15, 0.2) is 157 Å². The molecule has 0 aromatic heterocycles. The minimum atomic E-state index is -0.329. The molecule has 0 N–H and O–H groups in total. The van der Waals surface area contributed by atoms with E-state index in [0.717, 1.165) is 18.5 Å². The minimum absolute atomic E-state index is 0.0214. The topological polar surface area (TPSA) is 3.24 Å². The quantitative estimate of drug-likeness (QED) is 0.195. The van der Waals surface area contributed by atoms with Crippen molar-refractivity contribution in [3.63, 3.8) is 0 Å². The van der Waals surface area contributed by atoms with Crippen LogP contribution in [0.2, 0.25) is 0 Å². The van der Waals surface area contributed by atoms with E-state index in [9.17, 15) is 0 Å². The molecule has 0 bridgehead atoms. The molecular formula is C46H35N. The van der Waals surface area contributed by atoms with Crippen molar-refractivity contribution in [3.05, 3.63) is 191 Å². The number of benzene rings is 6. The summed E-state index contributed by atoms with van der Waals surface area (Å²) in [6.07, 6.45) is 7.17. The average Bonchev–Trinajstić information content (AvgIpc) is 3.68. The lowest BCUT2D eigenvalue weighted by Gasteiger charge is -2.31. The first-order valence-corrected chi connectivity index (χ1v) is 16.9. The van der Waals surface area contributed by atoms with Gasteiger partial charge in [0.25, 0.3) is 0 Å². The predicted octanol–water partition coefficient (Wildman–Crippen LogP) is 11.9. The molecule has 47 heavy (non-hydrogen) atoms. The highest BCUT2D eigenvalue weighted by atomic mass is 15.1. The molecule has 1 spiro atoms. The standard InChI is InChI=1S/C46H35N/c1-45(2)39-20-10-6-16-33(39)37-26-24-32(29-44(37)45)47(30-14-4-3-5-15-30)31-25-27-43-38(28-31)36-19-9-13-23-42(36)46(43)40-21-11-7-17-34(40)35-18-8-12-22-41(35)46/h3-5,7-9,11-29H,6,10H2,1-2H3. The summed E-state index contributed by atoms with van der Waals surface area (Å²) >= 11 is 0. The Morgan fingerprint density at radius 2 is 0.957 bits per heavy atom. The summed E-state index contributed by atoms with van der Waals surface area (Å²) in [6.45, 7) is 4.78. The van der Waals surface area contributed by atoms with Gasteiger partial charge in [0.15, 0.2) is 0 Å². The normalized spacial score (nSPS) is 16.7. The van der Waals surface area contributed by atoms with Gasteiger partial charge in [0, 0.05) is 22.5 Å². The second kappa shape index (κ2) is 9.56. The molecule has 4 aliphatic rings. The molecule has 0 saturated heterocycles. The van der Waals surface area contributed by atoms with Crippen LogP contribution in [0.4, 0.5) is 17.1 Å². The maximum atomic E-state index is 2.47. The Morgan fingerprint density at radius 1 is 0.426 bits per heavy atom. The van der Waals surface area contributed by atoms with Crippen molar-refractivity contribution in [1.82, 2.24) is 0 Å². The van der Waals surface area contributed by atoms with Crippen molar-refractivity contribution >= 4 is 22.6 Å². The van der Waals surface area contributed by atoms with Crippen LogP contribution in [-0.2, 0) is 10.8 Å². The zero-order valence-electron chi connectivity index (χ0n) is 26.8. The van der Waals surface area contributed by atoms with Gasteiger partial charge in [-0.1, -0.05) is 129 Å². The highest BCUT2D eigenvalue weighted by Gasteiger charge is 2.51. The molecular weight excluding hydrogens is 567 g/mol. The summed E-state index contributed by atoms with van der Waals surface area (Å²) in [5, 5.41) is 0. The molecule has 224 valence electrons. The Bertz CT molecular complexity index is 2290. The molecule has 0 fully saturated rings. The van der Waals surface area contributed by atoms with E-state index in [-0.39, 0.29) is 10.8 Å². The van der Waals surface area contributed by atoms with Gasteiger partial charge in [-0.3, -0.25) is 0 Å². The predicted molar refractivity (Wildman–Crippen MR) is 196 cm³/mol. The number of para-hydroxylation sites is 1. The van der Waals surface area contributed by atoms with Gasteiger partial charge in [0.2, 0.25) is 0 Å². The summed E-state index contributed by atoms with van der Waals surface area (Å²) in [5.74, 6) is 0. The zero-order chi connectivity index (χ0) is 31.3. The molecule has 0 saturated carbocycles. The number of rotatable bonds is 3. The van der Waals surface area contributed by atoms with Crippen molar-refractivity contribution in [1.29, 1.82) is 0 Å². The van der Waals surface area contributed by atoms with Crippen LogP contribution in [-0.4, -0.2) is 0 Å². The smallest absolute Gasteiger partial charge is 0.0725 e. The number of allylic oxidation sites excluding steroid dienone is 4. The first kappa shape index (κ1) is 26.8. The third-order valence-electron chi connectivity index (χ3n) is 11.3. The Morgan fingerprint density at radius 3 is 1.64 bits per heavy atom. The number of fused-ring (bicyclic) bond motifs is 13. The van der Waals surface area contributed by atoms with Gasteiger partial charge in [-0.2, -0.15) is 0 Å². The Labute approximate surface area is 277 Å². The monoisotopic (exact) mass is 601 g/mol. The SMILES string of the molecule is CC1(C)C2=CCCC=C2c2ccc(N(c3ccccc3)c3ccc4c(c3)-c3ccccc3C43c4ccccc4-c4ccccc43)cc21. The lowest BCUT2D eigenvalue weighted by molar-refractivity contribution is 0.654. The van der Waals surface area contributed by atoms with Crippen molar-refractivity contribution < 1.29 is 0 Å². The van der Waals surface area contributed by atoms with Gasteiger partial charge in [0.05, 0.1) is 5.41 Å². The van der Waals surface area contributed by atoms with Crippen molar-refractivity contribution in [3.8, 4) is 22.3 Å². The highest BCUT2D eigenvalue weighted by molar-refractivity contribution is 5.97. The molecule has 1 nitrogen and oxygen atoms in total. The van der Waals surface area contributed by atoms with E-state index in [1.807, 2.05) is 0 Å². The van der Waals surface area contributed by atoms with E-state index in [1.54, 1.807) is 0 Å². The molecule has 1 heteroatoms. The highest BCUT2D eigenvalue weighted by Crippen LogP contribution is 2.63. The van der Waals surface area contributed by atoms with Crippen LogP contribution >= 0.6 is 0 Å². The second-order valence-corrected chi connectivity index (χ2v) is 14.0. The van der Waals surface area contributed by atoms with E-state index in [2.05, 4.69) is 170 Å². The lowest BCUT2D eigenvalue weighted by Crippen LogP contribution is -2.25. The summed E-state index contributed by atoms with van der Waals surface area (Å²) < 4.78 is 0. The molecule has 6 aromatic carbocycles. The van der Waals surface area contributed by atoms with E-state index < -0.39 is 0 Å². The summed E-state index contributed by atoms with van der Waals surface area (Å²) in [7, 11) is 0. The van der Waals surface area contributed by atoms with Gasteiger partial charge in [0.1, 0.15) is 0 Å². The van der Waals surface area contributed by atoms with Gasteiger partial charge >= 0.3 is 0 Å². The molecule has 6 aromatic rings. The fraction of sp³-hybridized carbons (Fsp3) is 0.130. The lowest BCUT2D eigenvalue weighted by atomic mass is 9.70. The number of hydrogen-bond donors (Lipinski definition) is 0. The average molecular weight is 602 g/mol. The van der Waals surface area contributed by atoms with Gasteiger partial charge < -0.3 is 4.90 Å². The van der Waals surface area contributed by atoms with E-state index in [4.69, 9.17) is 0 Å². The Balaban J connectivity index is 1.21. The van der Waals surface area contributed by atoms with Crippen LogP contribution in [0, 0.1) is 0 Å². The number of hydrogen-bond acceptors (Lipinski definition) is 1. The van der Waals surface area contributed by atoms with E-state index in [1.165, 1.54) is 78.2 Å². The molecule has 0 aliphatic heterocycles. The molecule has 0 radical (unpaired) electrons. The van der Waals surface area contributed by atoms with E-state index >= 15 is 0 Å². The summed E-state index contributed by atoms with van der Waals surface area (Å²) in [5.41, 5.74) is 19.7. The van der Waals surface area contributed by atoms with Gasteiger partial charge in [-0.05, 0) is 116 Å². The minimum Gasteiger partial charge on any atom is -0.310 e. The van der Waals surface area contributed by atoms with Crippen LogP contribution in [0.5, 0.6) is 0 Å². The second-order valence-electron chi connectivity index (χ2n) is 14.0. The fourth-order valence-corrected chi connectivity index (χ4v) is 9.34. The maximum Gasteiger partial charge on any atom is 0.0725 e. The van der Waals surface area contributed by atoms with Crippen LogP contribution in [0.1, 0.15) is 60.1 Å². The largest absolute Gasteiger partial charge is 0.310 e. The van der Waals surface area contributed by atoms with E-state index in [0.29, 0.717) is 0 Å². The molecule has 0 unspecified atom stereocenters. The zero-order valence-corrected chi connectivity index (χ0v) is 26.8. The molecule has 4 aliphatic carbocycles. The molecule has 10 rings (SSSR count).